The maximum Gasteiger partial charge on any atom is 0.242 e. The van der Waals surface area contributed by atoms with Crippen LogP contribution >= 0.6 is 35.1 Å². The van der Waals surface area contributed by atoms with Crippen molar-refractivity contribution in [1.29, 1.82) is 0 Å². The molecular weight excluding hydrogens is 416 g/mol. The van der Waals surface area contributed by atoms with Crippen LogP contribution in [0.25, 0.3) is 0 Å². The molecule has 1 aliphatic rings. The fourth-order valence-corrected chi connectivity index (χ4v) is 4.88. The van der Waals surface area contributed by atoms with E-state index in [1.54, 1.807) is 30.1 Å². The number of fused-ring (bicyclic) bond motifs is 2. The second kappa shape index (κ2) is 8.57. The minimum absolute atomic E-state index is 0.0393. The number of carbonyl (C=O) groups is 1. The largest absolute Gasteiger partial charge is 0.383 e. The molecule has 0 bridgehead atoms. The highest BCUT2D eigenvalue weighted by molar-refractivity contribution is 8.00. The second-order valence-electron chi connectivity index (χ2n) is 6.00. The van der Waals surface area contributed by atoms with Gasteiger partial charge < -0.3 is 9.30 Å². The first-order chi connectivity index (χ1) is 13.7. The number of methoxy groups -OCH3 is 1. The molecular formula is C19H17ClN4O2S2. The summed E-state index contributed by atoms with van der Waals surface area (Å²) in [6.45, 7) is 1.20. The van der Waals surface area contributed by atoms with Crippen LogP contribution in [-0.2, 0) is 16.1 Å². The van der Waals surface area contributed by atoms with Crippen molar-refractivity contribution in [3.05, 3.63) is 53.8 Å². The summed E-state index contributed by atoms with van der Waals surface area (Å²) in [5.41, 5.74) is 1.68. The highest BCUT2D eigenvalue weighted by Crippen LogP contribution is 2.48. The van der Waals surface area contributed by atoms with Gasteiger partial charge in [0.05, 0.1) is 23.7 Å². The summed E-state index contributed by atoms with van der Waals surface area (Å²) < 4.78 is 6.99. The summed E-state index contributed by atoms with van der Waals surface area (Å²) >= 11 is 9.22. The molecule has 144 valence electrons. The molecule has 0 atom stereocenters. The van der Waals surface area contributed by atoms with E-state index < -0.39 is 0 Å². The van der Waals surface area contributed by atoms with E-state index in [2.05, 4.69) is 10.2 Å². The van der Waals surface area contributed by atoms with Crippen LogP contribution in [0.1, 0.15) is 0 Å². The molecule has 1 aromatic heterocycles. The third-order valence-electron chi connectivity index (χ3n) is 4.18. The number of hydrogen-bond donors (Lipinski definition) is 0. The first-order valence-corrected chi connectivity index (χ1v) is 10.7. The Labute approximate surface area is 176 Å². The molecule has 0 aliphatic carbocycles. The standard InChI is InChI=1S/C19H17ClN4O2S2/c1-26-9-8-23-12-21-22-19(23)27-11-18(25)24-14-4-2-3-5-16(14)28-17-7-6-13(20)10-15(17)24/h2-7,10,12H,8-9,11H2,1H3. The van der Waals surface area contributed by atoms with Gasteiger partial charge in [-0.3, -0.25) is 9.69 Å². The van der Waals surface area contributed by atoms with Gasteiger partial charge in [0.25, 0.3) is 0 Å². The van der Waals surface area contributed by atoms with E-state index in [1.807, 2.05) is 47.0 Å². The molecule has 6 nitrogen and oxygen atoms in total. The van der Waals surface area contributed by atoms with Crippen LogP contribution in [0.5, 0.6) is 0 Å². The number of halogens is 1. The SMILES string of the molecule is COCCn1cnnc1SCC(=O)N1c2ccccc2Sc2ccc(Cl)cc21. The Morgan fingerprint density at radius 3 is 2.89 bits per heavy atom. The summed E-state index contributed by atoms with van der Waals surface area (Å²) in [5, 5.41) is 9.34. The summed E-state index contributed by atoms with van der Waals surface area (Å²) in [6, 6.07) is 13.5. The predicted octanol–water partition coefficient (Wildman–Crippen LogP) is 4.50. The molecule has 0 unspecified atom stereocenters. The van der Waals surface area contributed by atoms with Gasteiger partial charge in [0.1, 0.15) is 6.33 Å². The van der Waals surface area contributed by atoms with Gasteiger partial charge in [0.2, 0.25) is 5.91 Å². The quantitative estimate of drug-likeness (QED) is 0.534. The number of carbonyl (C=O) groups excluding carboxylic acids is 1. The van der Waals surface area contributed by atoms with Gasteiger partial charge in [-0.05, 0) is 30.3 Å². The third kappa shape index (κ3) is 3.91. The van der Waals surface area contributed by atoms with Gasteiger partial charge >= 0.3 is 0 Å². The zero-order chi connectivity index (χ0) is 19.5. The first-order valence-electron chi connectivity index (χ1n) is 8.56. The van der Waals surface area contributed by atoms with Crippen LogP contribution < -0.4 is 4.90 Å². The van der Waals surface area contributed by atoms with Crippen LogP contribution in [0, 0.1) is 0 Å². The molecule has 0 fully saturated rings. The number of ether oxygens (including phenoxy) is 1. The van der Waals surface area contributed by atoms with E-state index in [0.29, 0.717) is 23.3 Å². The Morgan fingerprint density at radius 2 is 2.04 bits per heavy atom. The molecule has 28 heavy (non-hydrogen) atoms. The van der Waals surface area contributed by atoms with Crippen LogP contribution in [-0.4, -0.2) is 40.1 Å². The van der Waals surface area contributed by atoms with E-state index in [-0.39, 0.29) is 11.7 Å². The molecule has 0 N–H and O–H groups in total. The Kier molecular flexibility index (Phi) is 5.91. The number of anilines is 2. The van der Waals surface area contributed by atoms with E-state index in [9.17, 15) is 4.79 Å². The van der Waals surface area contributed by atoms with Gasteiger partial charge in [-0.1, -0.05) is 47.3 Å². The van der Waals surface area contributed by atoms with E-state index in [0.717, 1.165) is 21.2 Å². The minimum atomic E-state index is -0.0393. The van der Waals surface area contributed by atoms with Crippen molar-refractivity contribution in [3.8, 4) is 0 Å². The van der Waals surface area contributed by atoms with Gasteiger partial charge in [-0.15, -0.1) is 10.2 Å². The monoisotopic (exact) mass is 432 g/mol. The van der Waals surface area contributed by atoms with Crippen molar-refractivity contribution in [3.63, 3.8) is 0 Å². The lowest BCUT2D eigenvalue weighted by Gasteiger charge is -2.31. The fourth-order valence-electron chi connectivity index (χ4n) is 2.89. The van der Waals surface area contributed by atoms with Crippen molar-refractivity contribution in [2.45, 2.75) is 21.5 Å². The van der Waals surface area contributed by atoms with Crippen molar-refractivity contribution in [1.82, 2.24) is 14.8 Å². The lowest BCUT2D eigenvalue weighted by Crippen LogP contribution is -2.30. The van der Waals surface area contributed by atoms with E-state index in [1.165, 1.54) is 11.8 Å². The van der Waals surface area contributed by atoms with Gasteiger partial charge in [-0.25, -0.2) is 0 Å². The summed E-state index contributed by atoms with van der Waals surface area (Å²) in [7, 11) is 1.65. The number of amides is 1. The van der Waals surface area contributed by atoms with Crippen molar-refractivity contribution in [2.75, 3.05) is 24.4 Å². The van der Waals surface area contributed by atoms with Crippen LogP contribution in [0.2, 0.25) is 5.02 Å². The maximum absolute atomic E-state index is 13.2. The number of hydrogen-bond acceptors (Lipinski definition) is 6. The second-order valence-corrected chi connectivity index (χ2v) is 8.46. The highest BCUT2D eigenvalue weighted by Gasteiger charge is 2.28. The lowest BCUT2D eigenvalue weighted by molar-refractivity contribution is -0.115. The zero-order valence-electron chi connectivity index (χ0n) is 15.0. The molecule has 0 radical (unpaired) electrons. The van der Waals surface area contributed by atoms with Crippen molar-refractivity contribution < 1.29 is 9.53 Å². The van der Waals surface area contributed by atoms with Crippen molar-refractivity contribution in [2.24, 2.45) is 0 Å². The molecule has 0 spiro atoms. The van der Waals surface area contributed by atoms with Gasteiger partial charge in [0, 0.05) is 28.5 Å². The maximum atomic E-state index is 13.2. The first kappa shape index (κ1) is 19.3. The number of aromatic nitrogens is 3. The zero-order valence-corrected chi connectivity index (χ0v) is 17.4. The minimum Gasteiger partial charge on any atom is -0.383 e. The van der Waals surface area contributed by atoms with Gasteiger partial charge in [-0.2, -0.15) is 0 Å². The van der Waals surface area contributed by atoms with Crippen LogP contribution in [0.15, 0.2) is 63.7 Å². The Balaban J connectivity index is 1.59. The molecule has 2 aromatic carbocycles. The summed E-state index contributed by atoms with van der Waals surface area (Å²) in [4.78, 5) is 17.0. The van der Waals surface area contributed by atoms with Gasteiger partial charge in [0.15, 0.2) is 5.16 Å². The molecule has 4 rings (SSSR count). The normalized spacial score (nSPS) is 12.6. The average Bonchev–Trinajstić information content (AvgIpc) is 3.16. The highest BCUT2D eigenvalue weighted by atomic mass is 35.5. The Hall–Kier alpha value is -2.00. The summed E-state index contributed by atoms with van der Waals surface area (Å²) in [5.74, 6) is 0.193. The van der Waals surface area contributed by atoms with E-state index >= 15 is 0 Å². The Bertz CT molecular complexity index is 1010. The molecule has 3 aromatic rings. The van der Waals surface area contributed by atoms with Crippen LogP contribution in [0.3, 0.4) is 0 Å². The average molecular weight is 433 g/mol. The smallest absolute Gasteiger partial charge is 0.242 e. The molecule has 0 saturated heterocycles. The molecule has 2 heterocycles. The van der Waals surface area contributed by atoms with Crippen LogP contribution in [0.4, 0.5) is 11.4 Å². The molecule has 1 amide bonds. The fraction of sp³-hybridized carbons (Fsp3) is 0.211. The van der Waals surface area contributed by atoms with E-state index in [4.69, 9.17) is 16.3 Å². The lowest BCUT2D eigenvalue weighted by atomic mass is 10.2. The predicted molar refractivity (Wildman–Crippen MR) is 112 cm³/mol. The molecule has 9 heteroatoms. The number of para-hydroxylation sites is 1. The Morgan fingerprint density at radius 1 is 1.21 bits per heavy atom. The number of benzene rings is 2. The summed E-state index contributed by atoms with van der Waals surface area (Å²) in [6.07, 6.45) is 1.65. The number of thioether (sulfide) groups is 1. The number of rotatable bonds is 6. The van der Waals surface area contributed by atoms with Crippen molar-refractivity contribution >= 4 is 52.4 Å². The third-order valence-corrected chi connectivity index (χ3v) is 6.51. The number of nitrogens with zero attached hydrogens (tertiary/aromatic N) is 4. The molecule has 0 saturated carbocycles. The molecule has 1 aliphatic heterocycles. The topological polar surface area (TPSA) is 60.2 Å².